The van der Waals surface area contributed by atoms with Crippen molar-refractivity contribution in [1.29, 1.82) is 0 Å². The molecule has 0 aliphatic heterocycles. The van der Waals surface area contributed by atoms with E-state index in [0.29, 0.717) is 16.0 Å². The van der Waals surface area contributed by atoms with Crippen molar-refractivity contribution in [3.63, 3.8) is 0 Å². The third-order valence-corrected chi connectivity index (χ3v) is 4.47. The van der Waals surface area contributed by atoms with E-state index >= 15 is 0 Å². The van der Waals surface area contributed by atoms with Gasteiger partial charge in [-0.1, -0.05) is 17.8 Å². The van der Waals surface area contributed by atoms with Crippen LogP contribution in [0.1, 0.15) is 21.1 Å². The number of hydrogen-bond acceptors (Lipinski definition) is 7. The largest absolute Gasteiger partial charge is 0.543 e. The molecule has 0 fully saturated rings. The fourth-order valence-electron chi connectivity index (χ4n) is 1.67. The van der Waals surface area contributed by atoms with Crippen molar-refractivity contribution in [3.05, 3.63) is 39.8 Å². The van der Waals surface area contributed by atoms with E-state index in [9.17, 15) is 9.90 Å². The summed E-state index contributed by atoms with van der Waals surface area (Å²) in [5.74, 6) is -0.737. The predicted molar refractivity (Wildman–Crippen MR) is 74.8 cm³/mol. The van der Waals surface area contributed by atoms with Crippen LogP contribution < -0.4 is 5.11 Å². The maximum absolute atomic E-state index is 10.6. The number of fused-ring (bicyclic) bond motifs is 1. The van der Waals surface area contributed by atoms with E-state index in [2.05, 4.69) is 9.97 Å². The van der Waals surface area contributed by atoms with Crippen LogP contribution in [0.4, 0.5) is 0 Å². The summed E-state index contributed by atoms with van der Waals surface area (Å²) >= 11 is 2.67. The molecule has 0 atom stereocenters. The van der Waals surface area contributed by atoms with Crippen molar-refractivity contribution in [2.24, 2.45) is 0 Å². The summed E-state index contributed by atoms with van der Waals surface area (Å²) in [4.78, 5) is 19.0. The molecule has 0 saturated heterocycles. The topological polar surface area (TPSA) is 79.0 Å². The first-order valence-corrected chi connectivity index (χ1v) is 7.64. The number of thioether (sulfide) groups is 1. The zero-order chi connectivity index (χ0) is 14.1. The van der Waals surface area contributed by atoms with E-state index in [-0.39, 0.29) is 5.69 Å². The van der Waals surface area contributed by atoms with Crippen molar-refractivity contribution in [2.75, 3.05) is 0 Å². The number of oxazole rings is 1. The molecule has 102 valence electrons. The number of hydrogen-bond donors (Lipinski definition) is 0. The van der Waals surface area contributed by atoms with Gasteiger partial charge in [-0.15, -0.1) is 11.3 Å². The van der Waals surface area contributed by atoms with Gasteiger partial charge >= 0.3 is 0 Å². The van der Waals surface area contributed by atoms with Crippen LogP contribution in [0.3, 0.4) is 0 Å². The fourth-order valence-corrected chi connectivity index (χ4v) is 3.29. The zero-order valence-corrected chi connectivity index (χ0v) is 12.1. The highest BCUT2D eigenvalue weighted by atomic mass is 32.2. The first-order valence-electron chi connectivity index (χ1n) is 5.77. The van der Waals surface area contributed by atoms with Gasteiger partial charge in [-0.05, 0) is 24.6 Å². The number of aromatic carboxylic acids is 1. The lowest BCUT2D eigenvalue weighted by Crippen LogP contribution is -2.22. The minimum Gasteiger partial charge on any atom is -0.543 e. The third-order valence-electron chi connectivity index (χ3n) is 2.60. The molecule has 0 radical (unpaired) electrons. The maximum Gasteiger partial charge on any atom is 0.257 e. The van der Waals surface area contributed by atoms with Crippen LogP contribution in [-0.2, 0) is 5.75 Å². The summed E-state index contributed by atoms with van der Waals surface area (Å²) < 4.78 is 5.60. The zero-order valence-electron chi connectivity index (χ0n) is 10.5. The Morgan fingerprint density at radius 1 is 1.45 bits per heavy atom. The number of benzene rings is 1. The van der Waals surface area contributed by atoms with Crippen molar-refractivity contribution >= 4 is 40.2 Å². The second-order valence-electron chi connectivity index (χ2n) is 4.15. The molecule has 0 spiro atoms. The van der Waals surface area contributed by atoms with Gasteiger partial charge in [0.25, 0.3) is 5.22 Å². The fraction of sp³-hybridized carbons (Fsp3) is 0.154. The van der Waals surface area contributed by atoms with Crippen molar-refractivity contribution in [1.82, 2.24) is 9.97 Å². The normalized spacial score (nSPS) is 11.1. The summed E-state index contributed by atoms with van der Waals surface area (Å²) in [6.07, 6.45) is 0. The van der Waals surface area contributed by atoms with Crippen molar-refractivity contribution in [3.8, 4) is 0 Å². The van der Waals surface area contributed by atoms with Gasteiger partial charge < -0.3 is 14.3 Å². The van der Waals surface area contributed by atoms with E-state index in [0.717, 1.165) is 16.7 Å². The van der Waals surface area contributed by atoms with Gasteiger partial charge in [-0.3, -0.25) is 0 Å². The number of carbonyl (C=O) groups excluding carboxylic acids is 1. The van der Waals surface area contributed by atoms with Crippen molar-refractivity contribution in [2.45, 2.75) is 17.9 Å². The number of carboxylic acid groups (broad SMARTS) is 1. The Morgan fingerprint density at radius 2 is 2.30 bits per heavy atom. The summed E-state index contributed by atoms with van der Waals surface area (Å²) in [5.41, 5.74) is 2.66. The van der Waals surface area contributed by atoms with Crippen LogP contribution in [0.15, 0.2) is 33.2 Å². The molecular weight excluding hydrogens is 296 g/mol. The number of aromatic nitrogens is 2. The SMILES string of the molecule is Cc1ccc2oc(SCc3nc(C(=O)[O-])cs3)nc2c1. The van der Waals surface area contributed by atoms with Gasteiger partial charge in [-0.25, -0.2) is 9.97 Å². The van der Waals surface area contributed by atoms with Gasteiger partial charge in [-0.2, -0.15) is 0 Å². The van der Waals surface area contributed by atoms with Crippen LogP contribution in [-0.4, -0.2) is 15.9 Å². The van der Waals surface area contributed by atoms with Gasteiger partial charge in [0.2, 0.25) is 0 Å². The van der Waals surface area contributed by atoms with Gasteiger partial charge in [0.05, 0.1) is 17.4 Å². The lowest BCUT2D eigenvalue weighted by Gasteiger charge is -1.94. The number of carbonyl (C=O) groups is 1. The second-order valence-corrected chi connectivity index (χ2v) is 6.02. The first-order chi connectivity index (χ1) is 9.61. The minimum atomic E-state index is -1.25. The Balaban J connectivity index is 1.74. The lowest BCUT2D eigenvalue weighted by atomic mass is 10.2. The maximum atomic E-state index is 10.6. The Kier molecular flexibility index (Phi) is 3.45. The third kappa shape index (κ3) is 2.68. The van der Waals surface area contributed by atoms with Gasteiger partial charge in [0.15, 0.2) is 5.58 Å². The molecule has 0 aliphatic rings. The first kappa shape index (κ1) is 13.1. The van der Waals surface area contributed by atoms with Crippen LogP contribution >= 0.6 is 23.1 Å². The van der Waals surface area contributed by atoms with Gasteiger partial charge in [0, 0.05) is 5.38 Å². The average molecular weight is 305 g/mol. The Labute approximate surface area is 122 Å². The molecular formula is C13H9N2O3S2-. The summed E-state index contributed by atoms with van der Waals surface area (Å²) in [6, 6.07) is 5.81. The van der Waals surface area contributed by atoms with Crippen LogP contribution in [0.2, 0.25) is 0 Å². The lowest BCUT2D eigenvalue weighted by molar-refractivity contribution is -0.255. The molecule has 3 aromatic rings. The molecule has 1 aromatic carbocycles. The van der Waals surface area contributed by atoms with Crippen LogP contribution in [0.25, 0.3) is 11.1 Å². The van der Waals surface area contributed by atoms with Gasteiger partial charge in [0.1, 0.15) is 10.5 Å². The van der Waals surface area contributed by atoms with E-state index in [1.54, 1.807) is 0 Å². The Bertz CT molecular complexity index is 779. The highest BCUT2D eigenvalue weighted by Gasteiger charge is 2.09. The van der Waals surface area contributed by atoms with E-state index in [1.165, 1.54) is 28.5 Å². The number of aryl methyl sites for hydroxylation is 1. The number of thiazole rings is 1. The smallest absolute Gasteiger partial charge is 0.257 e. The quantitative estimate of drug-likeness (QED) is 0.688. The molecule has 3 rings (SSSR count). The standard InChI is InChI=1S/C13H10N2O3S2/c1-7-2-3-10-8(4-7)15-13(18-10)20-6-11-14-9(5-19-11)12(16)17/h2-5H,6H2,1H3,(H,16,17)/p-1. The number of rotatable bonds is 4. The average Bonchev–Trinajstić information content (AvgIpc) is 3.01. The van der Waals surface area contributed by atoms with E-state index < -0.39 is 5.97 Å². The highest BCUT2D eigenvalue weighted by molar-refractivity contribution is 7.98. The Hall–Kier alpha value is -1.86. The molecule has 0 amide bonds. The summed E-state index contributed by atoms with van der Waals surface area (Å²) in [7, 11) is 0. The molecule has 0 saturated carbocycles. The second kappa shape index (κ2) is 5.26. The predicted octanol–water partition coefficient (Wildman–Crippen LogP) is 2.25. The molecule has 2 aromatic heterocycles. The molecule has 0 aliphatic carbocycles. The minimum absolute atomic E-state index is 0.0289. The molecule has 20 heavy (non-hydrogen) atoms. The summed E-state index contributed by atoms with van der Waals surface area (Å²) in [5, 5.41) is 13.4. The molecule has 7 heteroatoms. The molecule has 0 unspecified atom stereocenters. The Morgan fingerprint density at radius 3 is 3.05 bits per heavy atom. The molecule has 0 bridgehead atoms. The number of nitrogens with zero attached hydrogens (tertiary/aromatic N) is 2. The van der Waals surface area contributed by atoms with E-state index in [4.69, 9.17) is 4.42 Å². The number of carboxylic acids is 1. The monoisotopic (exact) mass is 305 g/mol. The van der Waals surface area contributed by atoms with Crippen LogP contribution in [0.5, 0.6) is 0 Å². The molecule has 0 N–H and O–H groups in total. The highest BCUT2D eigenvalue weighted by Crippen LogP contribution is 2.27. The van der Waals surface area contributed by atoms with Crippen LogP contribution in [0, 0.1) is 6.92 Å². The molecule has 5 nitrogen and oxygen atoms in total. The van der Waals surface area contributed by atoms with E-state index in [1.807, 2.05) is 25.1 Å². The molecule has 2 heterocycles. The summed E-state index contributed by atoms with van der Waals surface area (Å²) in [6.45, 7) is 2.00. The van der Waals surface area contributed by atoms with Crippen molar-refractivity contribution < 1.29 is 14.3 Å².